The molecule has 1 N–H and O–H groups in total. The number of benzene rings is 1. The summed E-state index contributed by atoms with van der Waals surface area (Å²) in [5.41, 5.74) is 3.79. The molecule has 0 atom stereocenters. The number of para-hydroxylation sites is 1. The van der Waals surface area contributed by atoms with Crippen molar-refractivity contribution in [2.75, 3.05) is 5.75 Å². The van der Waals surface area contributed by atoms with Crippen LogP contribution in [0.1, 0.15) is 28.6 Å². The predicted molar refractivity (Wildman–Crippen MR) is 124 cm³/mol. The number of ketones is 1. The number of aryl methyl sites for hydroxylation is 1. The number of fused-ring (bicyclic) bond motifs is 1. The van der Waals surface area contributed by atoms with E-state index in [2.05, 4.69) is 33.2 Å². The average Bonchev–Trinajstić information content (AvgIpc) is 3.58. The lowest BCUT2D eigenvalue weighted by molar-refractivity contribution is 0.102. The first-order chi connectivity index (χ1) is 15.7. The molecule has 1 aromatic carbocycles. The highest BCUT2D eigenvalue weighted by Crippen LogP contribution is 2.27. The average molecular weight is 444 g/mol. The third-order valence-electron chi connectivity index (χ3n) is 5.35. The summed E-state index contributed by atoms with van der Waals surface area (Å²) < 4.78 is 7.49. The van der Waals surface area contributed by atoms with Crippen LogP contribution in [0.4, 0.5) is 0 Å². The Hall–Kier alpha value is -3.65. The normalized spacial score (nSPS) is 11.3. The zero-order chi connectivity index (χ0) is 21.9. The Labute approximate surface area is 188 Å². The van der Waals surface area contributed by atoms with Crippen LogP contribution in [0.5, 0.6) is 0 Å². The van der Waals surface area contributed by atoms with Gasteiger partial charge >= 0.3 is 0 Å². The molecule has 0 radical (unpaired) electrons. The Morgan fingerprint density at radius 2 is 2.09 bits per heavy atom. The van der Waals surface area contributed by atoms with Crippen molar-refractivity contribution in [1.82, 2.24) is 24.7 Å². The van der Waals surface area contributed by atoms with Crippen LogP contribution < -0.4 is 0 Å². The maximum atomic E-state index is 13.1. The van der Waals surface area contributed by atoms with Crippen molar-refractivity contribution in [3.63, 3.8) is 0 Å². The van der Waals surface area contributed by atoms with Crippen LogP contribution in [-0.4, -0.2) is 36.3 Å². The van der Waals surface area contributed by atoms with Gasteiger partial charge in [0.05, 0.1) is 18.6 Å². The van der Waals surface area contributed by atoms with Crippen molar-refractivity contribution in [3.8, 4) is 11.4 Å². The number of rotatable bonds is 8. The fourth-order valence-electron chi connectivity index (χ4n) is 3.76. The third kappa shape index (κ3) is 3.85. The molecule has 0 aliphatic rings. The standard InChI is InChI=1S/C24H21N5O2S/c1-2-16-6-3-9-19-20(13-26-22(16)19)21(30)15-32-24-28-27-23(17-7-4-10-25-12-17)29(24)14-18-8-5-11-31-18/h3-13,26H,2,14-15H2,1H3. The number of thioether (sulfide) groups is 1. The van der Waals surface area contributed by atoms with Gasteiger partial charge in [-0.25, -0.2) is 0 Å². The van der Waals surface area contributed by atoms with Gasteiger partial charge in [-0.2, -0.15) is 0 Å². The number of aromatic nitrogens is 5. The number of carbonyl (C=O) groups excluding carboxylic acids is 1. The van der Waals surface area contributed by atoms with E-state index in [1.807, 2.05) is 41.0 Å². The Morgan fingerprint density at radius 1 is 1.16 bits per heavy atom. The molecule has 8 heteroatoms. The maximum absolute atomic E-state index is 13.1. The number of aromatic amines is 1. The molecule has 0 bridgehead atoms. The van der Waals surface area contributed by atoms with Gasteiger partial charge in [0.2, 0.25) is 0 Å². The first kappa shape index (κ1) is 20.3. The lowest BCUT2D eigenvalue weighted by Gasteiger charge is -2.08. The largest absolute Gasteiger partial charge is 0.467 e. The minimum absolute atomic E-state index is 0.0463. The number of nitrogens with zero attached hydrogens (tertiary/aromatic N) is 4. The Morgan fingerprint density at radius 3 is 2.88 bits per heavy atom. The van der Waals surface area contributed by atoms with E-state index < -0.39 is 0 Å². The van der Waals surface area contributed by atoms with Crippen LogP contribution >= 0.6 is 11.8 Å². The molecule has 160 valence electrons. The van der Waals surface area contributed by atoms with Gasteiger partial charge in [-0.05, 0) is 36.2 Å². The highest BCUT2D eigenvalue weighted by molar-refractivity contribution is 7.99. The van der Waals surface area contributed by atoms with Gasteiger partial charge in [0.25, 0.3) is 0 Å². The fourth-order valence-corrected chi connectivity index (χ4v) is 4.58. The quantitative estimate of drug-likeness (QED) is 0.268. The minimum Gasteiger partial charge on any atom is -0.467 e. The molecule has 5 aromatic rings. The molecule has 0 aliphatic carbocycles. The second-order valence-electron chi connectivity index (χ2n) is 7.32. The van der Waals surface area contributed by atoms with Gasteiger partial charge in [0.15, 0.2) is 16.8 Å². The van der Waals surface area contributed by atoms with E-state index >= 15 is 0 Å². The Kier molecular flexibility index (Phi) is 5.60. The lowest BCUT2D eigenvalue weighted by Crippen LogP contribution is -2.06. The molecule has 0 saturated heterocycles. The maximum Gasteiger partial charge on any atom is 0.192 e. The summed E-state index contributed by atoms with van der Waals surface area (Å²) in [7, 11) is 0. The summed E-state index contributed by atoms with van der Waals surface area (Å²) >= 11 is 1.37. The van der Waals surface area contributed by atoms with Crippen LogP contribution in [-0.2, 0) is 13.0 Å². The van der Waals surface area contributed by atoms with E-state index in [1.165, 1.54) is 17.3 Å². The number of hydrogen-bond donors (Lipinski definition) is 1. The SMILES string of the molecule is CCc1cccc2c(C(=O)CSc3nnc(-c4cccnc4)n3Cc3ccco3)c[nH]c12. The molecule has 0 spiro atoms. The summed E-state index contributed by atoms with van der Waals surface area (Å²) in [5.74, 6) is 1.77. The second kappa shape index (κ2) is 8.84. The summed E-state index contributed by atoms with van der Waals surface area (Å²) in [6, 6.07) is 13.6. The van der Waals surface area contributed by atoms with Crippen molar-refractivity contribution in [2.45, 2.75) is 25.0 Å². The molecule has 0 saturated carbocycles. The summed E-state index contributed by atoms with van der Waals surface area (Å²) in [4.78, 5) is 20.5. The fraction of sp³-hybridized carbons (Fsp3) is 0.167. The van der Waals surface area contributed by atoms with Crippen molar-refractivity contribution >= 4 is 28.4 Å². The first-order valence-electron chi connectivity index (χ1n) is 10.4. The number of Topliss-reactive ketones (excluding diaryl/α,β-unsaturated/α-hetero) is 1. The van der Waals surface area contributed by atoms with E-state index in [1.54, 1.807) is 24.9 Å². The molecule has 4 heterocycles. The smallest absolute Gasteiger partial charge is 0.192 e. The summed E-state index contributed by atoms with van der Waals surface area (Å²) in [6.45, 7) is 2.58. The van der Waals surface area contributed by atoms with Gasteiger partial charge in [-0.3, -0.25) is 14.3 Å². The molecule has 32 heavy (non-hydrogen) atoms. The third-order valence-corrected chi connectivity index (χ3v) is 6.31. The van der Waals surface area contributed by atoms with E-state index in [9.17, 15) is 4.79 Å². The first-order valence-corrected chi connectivity index (χ1v) is 11.3. The van der Waals surface area contributed by atoms with Crippen LogP contribution in [0.3, 0.4) is 0 Å². The molecule has 5 rings (SSSR count). The topological polar surface area (TPSA) is 89.6 Å². The number of carbonyl (C=O) groups is 1. The number of hydrogen-bond acceptors (Lipinski definition) is 6. The molecule has 0 fully saturated rings. The highest BCUT2D eigenvalue weighted by Gasteiger charge is 2.19. The van der Waals surface area contributed by atoms with E-state index in [4.69, 9.17) is 4.42 Å². The molecular weight excluding hydrogens is 422 g/mol. The highest BCUT2D eigenvalue weighted by atomic mass is 32.2. The zero-order valence-electron chi connectivity index (χ0n) is 17.5. The van der Waals surface area contributed by atoms with Crippen molar-refractivity contribution in [3.05, 3.63) is 84.2 Å². The molecular formula is C24H21N5O2S. The van der Waals surface area contributed by atoms with Crippen LogP contribution in [0.2, 0.25) is 0 Å². The van der Waals surface area contributed by atoms with Crippen LogP contribution in [0, 0.1) is 0 Å². The second-order valence-corrected chi connectivity index (χ2v) is 8.26. The van der Waals surface area contributed by atoms with Crippen LogP contribution in [0.25, 0.3) is 22.3 Å². The molecule has 0 unspecified atom stereocenters. The van der Waals surface area contributed by atoms with Gasteiger partial charge in [0, 0.05) is 40.6 Å². The van der Waals surface area contributed by atoms with Crippen LogP contribution in [0.15, 0.2) is 76.9 Å². The number of H-pyrrole nitrogens is 1. The van der Waals surface area contributed by atoms with Gasteiger partial charge in [0.1, 0.15) is 5.76 Å². The van der Waals surface area contributed by atoms with Gasteiger partial charge in [-0.15, -0.1) is 10.2 Å². The summed E-state index contributed by atoms with van der Waals surface area (Å²) in [5, 5.41) is 10.4. The zero-order valence-corrected chi connectivity index (χ0v) is 18.3. The Balaban J connectivity index is 1.42. The van der Waals surface area contributed by atoms with E-state index in [0.717, 1.165) is 28.6 Å². The molecule has 0 aliphatic heterocycles. The van der Waals surface area contributed by atoms with Gasteiger partial charge < -0.3 is 9.40 Å². The lowest BCUT2D eigenvalue weighted by atomic mass is 10.1. The van der Waals surface area contributed by atoms with E-state index in [-0.39, 0.29) is 11.5 Å². The number of nitrogens with one attached hydrogen (secondary N) is 1. The molecule has 0 amide bonds. The molecule has 7 nitrogen and oxygen atoms in total. The van der Waals surface area contributed by atoms with Crippen molar-refractivity contribution in [1.29, 1.82) is 0 Å². The minimum atomic E-state index is 0.0463. The van der Waals surface area contributed by atoms with Crippen molar-refractivity contribution in [2.24, 2.45) is 0 Å². The van der Waals surface area contributed by atoms with E-state index in [0.29, 0.717) is 23.1 Å². The number of pyridine rings is 1. The van der Waals surface area contributed by atoms with Gasteiger partial charge in [-0.1, -0.05) is 36.9 Å². The Bertz CT molecular complexity index is 1360. The predicted octanol–water partition coefficient (Wildman–Crippen LogP) is 5.00. The molecule has 4 aromatic heterocycles. The monoisotopic (exact) mass is 443 g/mol. The summed E-state index contributed by atoms with van der Waals surface area (Å²) in [6.07, 6.45) is 7.83. The van der Waals surface area contributed by atoms with Crippen molar-refractivity contribution < 1.29 is 9.21 Å². The number of furan rings is 1.